The average molecular weight is 473 g/mol. The molecule has 2 rings (SSSR count). The normalized spacial score (nSPS) is 12.4. The number of benzene rings is 1. The molecule has 1 heterocycles. The summed E-state index contributed by atoms with van der Waals surface area (Å²) in [6, 6.07) is 10.6. The van der Waals surface area contributed by atoms with Gasteiger partial charge >= 0.3 is 0 Å². The topological polar surface area (TPSA) is 45.5 Å². The fourth-order valence-corrected chi connectivity index (χ4v) is 2.93. The minimum Gasteiger partial charge on any atom is -0.356 e. The minimum atomic E-state index is 0. The Balaban J connectivity index is 0.00000312. The van der Waals surface area contributed by atoms with E-state index in [4.69, 9.17) is 0 Å². The van der Waals surface area contributed by atoms with Gasteiger partial charge < -0.3 is 10.2 Å². The second-order valence-corrected chi connectivity index (χ2v) is 6.85. The summed E-state index contributed by atoms with van der Waals surface area (Å²) in [5.41, 5.74) is 1.28. The number of hydrogen-bond acceptors (Lipinski definition) is 3. The zero-order valence-electron chi connectivity index (χ0n) is 15.3. The molecule has 0 fully saturated rings. The molecular weight excluding hydrogens is 445 g/mol. The number of halogens is 1. The molecule has 2 aromatic rings. The second-order valence-electron chi connectivity index (χ2n) is 5.97. The number of aliphatic imine (C=N–C) groups is 1. The van der Waals surface area contributed by atoms with E-state index in [1.807, 2.05) is 30.2 Å². The summed E-state index contributed by atoms with van der Waals surface area (Å²) in [6.07, 6.45) is 5.90. The molecule has 7 heteroatoms. The lowest BCUT2D eigenvalue weighted by Crippen LogP contribution is -2.40. The third-order valence-electron chi connectivity index (χ3n) is 3.82. The average Bonchev–Trinajstić information content (AvgIpc) is 3.09. The lowest BCUT2D eigenvalue weighted by Gasteiger charge is -2.23. The van der Waals surface area contributed by atoms with Gasteiger partial charge in [-0.15, -0.1) is 35.7 Å². The Hall–Kier alpha value is -1.22. The molecule has 0 spiro atoms. The molecule has 1 unspecified atom stereocenters. The van der Waals surface area contributed by atoms with Crippen LogP contribution < -0.4 is 5.32 Å². The highest BCUT2D eigenvalue weighted by molar-refractivity contribution is 14.0. The molecule has 1 aromatic carbocycles. The number of nitrogens with zero attached hydrogens (tertiary/aromatic N) is 4. The largest absolute Gasteiger partial charge is 0.356 e. The van der Waals surface area contributed by atoms with E-state index in [2.05, 4.69) is 64.8 Å². The van der Waals surface area contributed by atoms with Crippen molar-refractivity contribution in [3.05, 3.63) is 48.3 Å². The highest BCUT2D eigenvalue weighted by Crippen LogP contribution is 2.15. The van der Waals surface area contributed by atoms with E-state index >= 15 is 0 Å². The number of thioether (sulfide) groups is 1. The van der Waals surface area contributed by atoms with Gasteiger partial charge in [0.2, 0.25) is 0 Å². The molecule has 0 saturated heterocycles. The highest BCUT2D eigenvalue weighted by atomic mass is 127. The second kappa shape index (κ2) is 11.4. The molecule has 5 nitrogen and oxygen atoms in total. The maximum atomic E-state index is 4.39. The number of aromatic nitrogens is 2. The molecule has 1 aromatic heterocycles. The number of rotatable bonds is 7. The van der Waals surface area contributed by atoms with E-state index in [0.717, 1.165) is 25.6 Å². The first-order chi connectivity index (χ1) is 11.6. The van der Waals surface area contributed by atoms with Gasteiger partial charge in [-0.3, -0.25) is 9.67 Å². The number of hydrogen-bond donors (Lipinski definition) is 1. The van der Waals surface area contributed by atoms with E-state index in [9.17, 15) is 0 Å². The van der Waals surface area contributed by atoms with Crippen LogP contribution >= 0.6 is 35.7 Å². The third-order valence-corrected chi connectivity index (χ3v) is 4.56. The molecule has 138 valence electrons. The van der Waals surface area contributed by atoms with Gasteiger partial charge in [-0.1, -0.05) is 19.1 Å². The molecule has 0 amide bonds. The van der Waals surface area contributed by atoms with Gasteiger partial charge in [0.15, 0.2) is 5.96 Å². The maximum Gasteiger partial charge on any atom is 0.193 e. The minimum absolute atomic E-state index is 0. The van der Waals surface area contributed by atoms with E-state index in [1.54, 1.807) is 11.8 Å². The number of guanidine groups is 1. The SMILES string of the molecule is CN=C(NCC(C)Cn1cccn1)N(C)Cc1ccc(SC)cc1.I. The predicted octanol–water partition coefficient (Wildman–Crippen LogP) is 3.57. The van der Waals surface area contributed by atoms with Crippen molar-refractivity contribution in [2.24, 2.45) is 10.9 Å². The fraction of sp³-hybridized carbons (Fsp3) is 0.444. The van der Waals surface area contributed by atoms with Crippen LogP contribution in [-0.4, -0.2) is 47.5 Å². The van der Waals surface area contributed by atoms with Crippen LogP contribution in [0, 0.1) is 5.92 Å². The van der Waals surface area contributed by atoms with Crippen molar-refractivity contribution < 1.29 is 0 Å². The van der Waals surface area contributed by atoms with Crippen molar-refractivity contribution in [2.75, 3.05) is 26.9 Å². The number of nitrogens with one attached hydrogen (secondary N) is 1. The molecule has 1 atom stereocenters. The Bertz CT molecular complexity index is 627. The highest BCUT2D eigenvalue weighted by Gasteiger charge is 2.09. The van der Waals surface area contributed by atoms with Crippen LogP contribution in [-0.2, 0) is 13.1 Å². The molecule has 1 N–H and O–H groups in total. The molecule has 0 aliphatic rings. The van der Waals surface area contributed by atoms with Crippen LogP contribution in [0.15, 0.2) is 52.6 Å². The first-order valence-corrected chi connectivity index (χ1v) is 9.37. The fourth-order valence-electron chi connectivity index (χ4n) is 2.52. The lowest BCUT2D eigenvalue weighted by molar-refractivity contribution is 0.423. The lowest BCUT2D eigenvalue weighted by atomic mass is 10.2. The van der Waals surface area contributed by atoms with E-state index in [-0.39, 0.29) is 24.0 Å². The molecule has 0 aliphatic carbocycles. The monoisotopic (exact) mass is 473 g/mol. The summed E-state index contributed by atoms with van der Waals surface area (Å²) >= 11 is 1.76. The van der Waals surface area contributed by atoms with Gasteiger partial charge in [0.05, 0.1) is 0 Å². The summed E-state index contributed by atoms with van der Waals surface area (Å²) in [5, 5.41) is 7.71. The van der Waals surface area contributed by atoms with Crippen LogP contribution in [0.25, 0.3) is 0 Å². The first kappa shape index (κ1) is 21.8. The van der Waals surface area contributed by atoms with Gasteiger partial charge in [0.1, 0.15) is 0 Å². The molecule has 0 saturated carbocycles. The first-order valence-electron chi connectivity index (χ1n) is 8.14. The van der Waals surface area contributed by atoms with E-state index in [1.165, 1.54) is 10.5 Å². The Morgan fingerprint density at radius 2 is 2.08 bits per heavy atom. The van der Waals surface area contributed by atoms with Crippen LogP contribution in [0.3, 0.4) is 0 Å². The van der Waals surface area contributed by atoms with Crippen molar-refractivity contribution in [3.8, 4) is 0 Å². The van der Waals surface area contributed by atoms with Crippen molar-refractivity contribution in [1.29, 1.82) is 0 Å². The van der Waals surface area contributed by atoms with Crippen LogP contribution in [0.1, 0.15) is 12.5 Å². The predicted molar refractivity (Wildman–Crippen MR) is 118 cm³/mol. The van der Waals surface area contributed by atoms with Gasteiger partial charge in [-0.25, -0.2) is 0 Å². The van der Waals surface area contributed by atoms with Crippen LogP contribution in [0.4, 0.5) is 0 Å². The van der Waals surface area contributed by atoms with Gasteiger partial charge in [0.25, 0.3) is 0 Å². The standard InChI is InChI=1S/C18H27N5S.HI/c1-15(13-23-11-5-10-21-23)12-20-18(19-2)22(3)14-16-6-8-17(24-4)9-7-16;/h5-11,15H,12-14H2,1-4H3,(H,19,20);1H. The quantitative estimate of drug-likeness (QED) is 0.289. The molecule has 25 heavy (non-hydrogen) atoms. The van der Waals surface area contributed by atoms with Crippen molar-refractivity contribution >= 4 is 41.7 Å². The Morgan fingerprint density at radius 3 is 2.64 bits per heavy atom. The zero-order chi connectivity index (χ0) is 17.4. The van der Waals surface area contributed by atoms with Gasteiger partial charge in [-0.2, -0.15) is 5.10 Å². The van der Waals surface area contributed by atoms with Crippen LogP contribution in [0.5, 0.6) is 0 Å². The van der Waals surface area contributed by atoms with Gasteiger partial charge in [-0.05, 0) is 35.9 Å². The summed E-state index contributed by atoms with van der Waals surface area (Å²) in [6.45, 7) is 4.81. The van der Waals surface area contributed by atoms with Crippen molar-refractivity contribution in [1.82, 2.24) is 20.0 Å². The van der Waals surface area contributed by atoms with E-state index in [0.29, 0.717) is 5.92 Å². The summed E-state index contributed by atoms with van der Waals surface area (Å²) in [4.78, 5) is 7.83. The Labute approximate surface area is 172 Å². The van der Waals surface area contributed by atoms with Gasteiger partial charge in [0, 0.05) is 51.0 Å². The van der Waals surface area contributed by atoms with Crippen molar-refractivity contribution in [3.63, 3.8) is 0 Å². The summed E-state index contributed by atoms with van der Waals surface area (Å²) in [5.74, 6) is 1.38. The zero-order valence-corrected chi connectivity index (χ0v) is 18.5. The smallest absolute Gasteiger partial charge is 0.193 e. The molecule has 0 radical (unpaired) electrons. The van der Waals surface area contributed by atoms with Crippen LogP contribution in [0.2, 0.25) is 0 Å². The molecule has 0 bridgehead atoms. The maximum absolute atomic E-state index is 4.39. The Kier molecular flexibility index (Phi) is 9.96. The summed E-state index contributed by atoms with van der Waals surface area (Å²) < 4.78 is 1.96. The molecular formula is C18H28IN5S. The Morgan fingerprint density at radius 1 is 1.36 bits per heavy atom. The third kappa shape index (κ3) is 7.27. The summed E-state index contributed by atoms with van der Waals surface area (Å²) in [7, 11) is 3.89. The molecule has 0 aliphatic heterocycles. The van der Waals surface area contributed by atoms with E-state index < -0.39 is 0 Å². The van der Waals surface area contributed by atoms with Crippen molar-refractivity contribution in [2.45, 2.75) is 24.9 Å².